The molecule has 1 atom stereocenters. The molecule has 1 unspecified atom stereocenters. The van der Waals surface area contributed by atoms with Crippen LogP contribution >= 0.6 is 0 Å². The van der Waals surface area contributed by atoms with Crippen LogP contribution in [-0.4, -0.2) is 6.54 Å². The van der Waals surface area contributed by atoms with E-state index >= 15 is 0 Å². The second-order valence-electron chi connectivity index (χ2n) is 7.52. The molecule has 0 amide bonds. The smallest absolute Gasteiger partial charge is 0.123 e. The van der Waals surface area contributed by atoms with Crippen molar-refractivity contribution in [2.24, 2.45) is 5.92 Å². The molecule has 29 heavy (non-hydrogen) atoms. The van der Waals surface area contributed by atoms with Gasteiger partial charge in [0.25, 0.3) is 0 Å². The monoisotopic (exact) mass is 390 g/mol. The fraction of sp³-hybridized carbons (Fsp3) is 0.200. The standard InChI is InChI=1S/C25H24F2N2/c1-17(28-11-10-21-16-29-25-9-8-23(27)15-24(21)25)20-6-2-4-18(13-20)12-19-5-3-7-22(26)14-19/h2-9,13-14,16,24,28-29H,1,10-12,15H2. The first-order valence-corrected chi connectivity index (χ1v) is 9.87. The molecular formula is C25H24F2N2. The SMILES string of the molecule is C=C(NCCC1=CNC2=CC=C(F)CC12)c1cccc(Cc2cccc(F)c2)c1. The zero-order chi connectivity index (χ0) is 20.2. The highest BCUT2D eigenvalue weighted by Crippen LogP contribution is 2.35. The Balaban J connectivity index is 1.32. The predicted octanol–water partition coefficient (Wildman–Crippen LogP) is 5.61. The van der Waals surface area contributed by atoms with E-state index in [0.29, 0.717) is 12.8 Å². The van der Waals surface area contributed by atoms with Gasteiger partial charge in [0.2, 0.25) is 0 Å². The number of hydrogen-bond acceptors (Lipinski definition) is 2. The lowest BCUT2D eigenvalue weighted by molar-refractivity contribution is 0.526. The summed E-state index contributed by atoms with van der Waals surface area (Å²) < 4.78 is 27.0. The van der Waals surface area contributed by atoms with Gasteiger partial charge >= 0.3 is 0 Å². The summed E-state index contributed by atoms with van der Waals surface area (Å²) in [6.45, 7) is 4.89. The van der Waals surface area contributed by atoms with Crippen LogP contribution < -0.4 is 10.6 Å². The summed E-state index contributed by atoms with van der Waals surface area (Å²) in [7, 11) is 0. The highest BCUT2D eigenvalue weighted by molar-refractivity contribution is 5.62. The first kappa shape index (κ1) is 19.2. The summed E-state index contributed by atoms with van der Waals surface area (Å²) in [6, 6.07) is 14.8. The second kappa shape index (κ2) is 8.48. The lowest BCUT2D eigenvalue weighted by atomic mass is 9.90. The number of fused-ring (bicyclic) bond motifs is 1. The van der Waals surface area contributed by atoms with Gasteiger partial charge in [-0.15, -0.1) is 0 Å². The Morgan fingerprint density at radius 1 is 1.07 bits per heavy atom. The van der Waals surface area contributed by atoms with E-state index in [-0.39, 0.29) is 17.6 Å². The summed E-state index contributed by atoms with van der Waals surface area (Å²) in [6.07, 6.45) is 7.29. The molecule has 2 nitrogen and oxygen atoms in total. The van der Waals surface area contributed by atoms with Crippen molar-refractivity contribution < 1.29 is 8.78 Å². The molecule has 0 saturated heterocycles. The van der Waals surface area contributed by atoms with Gasteiger partial charge in [-0.25, -0.2) is 8.78 Å². The van der Waals surface area contributed by atoms with Crippen LogP contribution in [0, 0.1) is 11.7 Å². The number of nitrogens with one attached hydrogen (secondary N) is 2. The minimum Gasteiger partial charge on any atom is -0.385 e. The normalized spacial score (nSPS) is 17.6. The number of rotatable bonds is 7. The Kier molecular flexibility index (Phi) is 5.61. The largest absolute Gasteiger partial charge is 0.385 e. The van der Waals surface area contributed by atoms with Gasteiger partial charge in [0.05, 0.1) is 0 Å². The average molecular weight is 390 g/mol. The van der Waals surface area contributed by atoms with Gasteiger partial charge in [-0.3, -0.25) is 0 Å². The molecule has 1 heterocycles. The molecule has 0 bridgehead atoms. The summed E-state index contributed by atoms with van der Waals surface area (Å²) >= 11 is 0. The van der Waals surface area contributed by atoms with Crippen LogP contribution in [0.15, 0.2) is 90.6 Å². The molecule has 4 heteroatoms. The minimum absolute atomic E-state index is 0.0687. The molecule has 1 aliphatic carbocycles. The van der Waals surface area contributed by atoms with Gasteiger partial charge in [0, 0.05) is 36.5 Å². The van der Waals surface area contributed by atoms with E-state index in [0.717, 1.165) is 41.1 Å². The quantitative estimate of drug-likeness (QED) is 0.642. The van der Waals surface area contributed by atoms with Gasteiger partial charge < -0.3 is 10.6 Å². The third-order valence-electron chi connectivity index (χ3n) is 5.41. The number of benzene rings is 2. The van der Waals surface area contributed by atoms with Crippen molar-refractivity contribution >= 4 is 5.70 Å². The third kappa shape index (κ3) is 4.65. The third-order valence-corrected chi connectivity index (χ3v) is 5.41. The molecule has 0 aromatic heterocycles. The van der Waals surface area contributed by atoms with Gasteiger partial charge in [-0.05, 0) is 65.5 Å². The summed E-state index contributed by atoms with van der Waals surface area (Å²) in [5.74, 6) is -0.155. The van der Waals surface area contributed by atoms with Gasteiger partial charge in [0.1, 0.15) is 11.6 Å². The van der Waals surface area contributed by atoms with Crippen molar-refractivity contribution in [1.29, 1.82) is 0 Å². The van der Waals surface area contributed by atoms with Crippen molar-refractivity contribution in [3.63, 3.8) is 0 Å². The minimum atomic E-state index is -0.216. The first-order chi connectivity index (χ1) is 14.1. The van der Waals surface area contributed by atoms with Crippen LogP contribution in [0.5, 0.6) is 0 Å². The van der Waals surface area contributed by atoms with Gasteiger partial charge in [-0.1, -0.05) is 36.9 Å². The van der Waals surface area contributed by atoms with Crippen molar-refractivity contribution in [3.8, 4) is 0 Å². The van der Waals surface area contributed by atoms with E-state index in [4.69, 9.17) is 0 Å². The molecule has 0 radical (unpaired) electrons. The zero-order valence-corrected chi connectivity index (χ0v) is 16.2. The number of allylic oxidation sites excluding steroid dienone is 4. The first-order valence-electron chi connectivity index (χ1n) is 9.87. The average Bonchev–Trinajstić information content (AvgIpc) is 3.10. The summed E-state index contributed by atoms with van der Waals surface area (Å²) in [4.78, 5) is 0. The van der Waals surface area contributed by atoms with Crippen LogP contribution in [0.3, 0.4) is 0 Å². The zero-order valence-electron chi connectivity index (χ0n) is 16.2. The maximum atomic E-state index is 13.6. The van der Waals surface area contributed by atoms with E-state index in [2.05, 4.69) is 23.3 Å². The molecule has 2 aromatic carbocycles. The van der Waals surface area contributed by atoms with Crippen molar-refractivity contribution in [1.82, 2.24) is 10.6 Å². The second-order valence-corrected chi connectivity index (χ2v) is 7.52. The van der Waals surface area contributed by atoms with Crippen molar-refractivity contribution in [2.75, 3.05) is 6.54 Å². The van der Waals surface area contributed by atoms with E-state index in [1.807, 2.05) is 36.5 Å². The van der Waals surface area contributed by atoms with Crippen LogP contribution in [0.25, 0.3) is 5.70 Å². The number of halogens is 2. The lowest BCUT2D eigenvalue weighted by Crippen LogP contribution is -2.16. The Morgan fingerprint density at radius 2 is 1.86 bits per heavy atom. The topological polar surface area (TPSA) is 24.1 Å². The fourth-order valence-corrected chi connectivity index (χ4v) is 3.88. The maximum Gasteiger partial charge on any atom is 0.123 e. The van der Waals surface area contributed by atoms with Crippen molar-refractivity contribution in [3.05, 3.63) is 113 Å². The molecular weight excluding hydrogens is 366 g/mol. The summed E-state index contributed by atoms with van der Waals surface area (Å²) in [5.41, 5.74) is 6.20. The van der Waals surface area contributed by atoms with E-state index in [9.17, 15) is 8.78 Å². The molecule has 2 aromatic rings. The Bertz CT molecular complexity index is 1020. The van der Waals surface area contributed by atoms with Gasteiger partial charge in [-0.2, -0.15) is 0 Å². The highest BCUT2D eigenvalue weighted by atomic mass is 19.1. The Morgan fingerprint density at radius 3 is 2.69 bits per heavy atom. The predicted molar refractivity (Wildman–Crippen MR) is 114 cm³/mol. The highest BCUT2D eigenvalue weighted by Gasteiger charge is 2.27. The van der Waals surface area contributed by atoms with Gasteiger partial charge in [0.15, 0.2) is 0 Å². The van der Waals surface area contributed by atoms with E-state index in [1.165, 1.54) is 17.7 Å². The molecule has 0 saturated carbocycles. The fourth-order valence-electron chi connectivity index (χ4n) is 3.88. The van der Waals surface area contributed by atoms with E-state index in [1.54, 1.807) is 12.1 Å². The maximum absolute atomic E-state index is 13.6. The molecule has 2 N–H and O–H groups in total. The molecule has 4 rings (SSSR count). The molecule has 148 valence electrons. The molecule has 0 spiro atoms. The Labute approximate surface area is 170 Å². The molecule has 1 aliphatic heterocycles. The Hall–Kier alpha value is -3.14. The van der Waals surface area contributed by atoms with E-state index < -0.39 is 0 Å². The van der Waals surface area contributed by atoms with Crippen LogP contribution in [0.4, 0.5) is 8.78 Å². The molecule has 0 fully saturated rings. The lowest BCUT2D eigenvalue weighted by Gasteiger charge is -2.19. The number of hydrogen-bond donors (Lipinski definition) is 2. The van der Waals surface area contributed by atoms with Crippen molar-refractivity contribution in [2.45, 2.75) is 19.3 Å². The van der Waals surface area contributed by atoms with Crippen LogP contribution in [0.1, 0.15) is 29.5 Å². The molecule has 2 aliphatic rings. The summed E-state index contributed by atoms with van der Waals surface area (Å²) in [5, 5.41) is 6.63. The van der Waals surface area contributed by atoms with Crippen LogP contribution in [0.2, 0.25) is 0 Å². The van der Waals surface area contributed by atoms with Crippen LogP contribution in [-0.2, 0) is 6.42 Å².